The maximum atomic E-state index is 5.65. The van der Waals surface area contributed by atoms with Gasteiger partial charge in [-0.3, -0.25) is 0 Å². The third-order valence-electron chi connectivity index (χ3n) is 3.32. The quantitative estimate of drug-likeness (QED) is 0.639. The standard InChI is InChI=1S/C13H30N2/c1-5-7-9-15(13(4)6-2)10-8-12(3)11-14/h12-13H,5-11,14H2,1-4H3. The van der Waals surface area contributed by atoms with Gasteiger partial charge in [0.05, 0.1) is 0 Å². The van der Waals surface area contributed by atoms with Crippen LogP contribution in [0.2, 0.25) is 0 Å². The van der Waals surface area contributed by atoms with Crippen molar-refractivity contribution in [3.8, 4) is 0 Å². The molecule has 0 amide bonds. The van der Waals surface area contributed by atoms with Gasteiger partial charge in [-0.1, -0.05) is 27.2 Å². The van der Waals surface area contributed by atoms with Crippen LogP contribution in [0.15, 0.2) is 0 Å². The first kappa shape index (κ1) is 14.9. The lowest BCUT2D eigenvalue weighted by Gasteiger charge is -2.29. The fourth-order valence-electron chi connectivity index (χ4n) is 1.68. The maximum absolute atomic E-state index is 5.65. The summed E-state index contributed by atoms with van der Waals surface area (Å²) in [7, 11) is 0. The monoisotopic (exact) mass is 214 g/mol. The minimum Gasteiger partial charge on any atom is -0.330 e. The second kappa shape index (κ2) is 9.17. The topological polar surface area (TPSA) is 29.3 Å². The Morgan fingerprint density at radius 3 is 2.27 bits per heavy atom. The highest BCUT2D eigenvalue weighted by molar-refractivity contribution is 4.67. The summed E-state index contributed by atoms with van der Waals surface area (Å²) in [5.74, 6) is 0.665. The van der Waals surface area contributed by atoms with Gasteiger partial charge in [0.25, 0.3) is 0 Å². The zero-order valence-electron chi connectivity index (χ0n) is 11.1. The van der Waals surface area contributed by atoms with E-state index in [0.29, 0.717) is 5.92 Å². The summed E-state index contributed by atoms with van der Waals surface area (Å²) in [5, 5.41) is 0. The van der Waals surface area contributed by atoms with E-state index < -0.39 is 0 Å². The third-order valence-corrected chi connectivity index (χ3v) is 3.32. The largest absolute Gasteiger partial charge is 0.330 e. The molecule has 0 rings (SSSR count). The molecule has 0 aromatic rings. The van der Waals surface area contributed by atoms with Crippen molar-refractivity contribution < 1.29 is 0 Å². The molecule has 2 heteroatoms. The molecule has 2 nitrogen and oxygen atoms in total. The zero-order valence-corrected chi connectivity index (χ0v) is 11.1. The average molecular weight is 214 g/mol. The molecule has 0 bridgehead atoms. The molecule has 2 atom stereocenters. The molecule has 0 spiro atoms. The van der Waals surface area contributed by atoms with Crippen molar-refractivity contribution in [2.24, 2.45) is 11.7 Å². The van der Waals surface area contributed by atoms with Crippen LogP contribution in [0, 0.1) is 5.92 Å². The van der Waals surface area contributed by atoms with Crippen LogP contribution in [0.3, 0.4) is 0 Å². The van der Waals surface area contributed by atoms with Gasteiger partial charge in [-0.05, 0) is 51.7 Å². The van der Waals surface area contributed by atoms with Gasteiger partial charge in [0.1, 0.15) is 0 Å². The highest BCUT2D eigenvalue weighted by Gasteiger charge is 2.12. The van der Waals surface area contributed by atoms with E-state index in [1.54, 1.807) is 0 Å². The SMILES string of the molecule is CCCCN(CCC(C)CN)C(C)CC. The molecule has 0 heterocycles. The molecule has 0 radical (unpaired) electrons. The lowest BCUT2D eigenvalue weighted by molar-refractivity contribution is 0.189. The fraction of sp³-hybridized carbons (Fsp3) is 1.00. The predicted octanol–water partition coefficient (Wildman–Crippen LogP) is 2.87. The highest BCUT2D eigenvalue weighted by Crippen LogP contribution is 2.09. The lowest BCUT2D eigenvalue weighted by atomic mass is 10.1. The second-order valence-corrected chi connectivity index (χ2v) is 4.78. The zero-order chi connectivity index (χ0) is 11.7. The number of hydrogen-bond acceptors (Lipinski definition) is 2. The molecule has 0 saturated heterocycles. The Balaban J connectivity index is 3.89. The van der Waals surface area contributed by atoms with Gasteiger partial charge in [0, 0.05) is 6.04 Å². The molecule has 0 aromatic heterocycles. The first-order chi connectivity index (χ1) is 7.15. The van der Waals surface area contributed by atoms with Gasteiger partial charge in [-0.15, -0.1) is 0 Å². The van der Waals surface area contributed by atoms with Crippen molar-refractivity contribution >= 4 is 0 Å². The van der Waals surface area contributed by atoms with Gasteiger partial charge in [0.15, 0.2) is 0 Å². The normalized spacial score (nSPS) is 15.6. The number of hydrogen-bond donors (Lipinski definition) is 1. The maximum Gasteiger partial charge on any atom is 0.00643 e. The smallest absolute Gasteiger partial charge is 0.00643 e. The minimum absolute atomic E-state index is 0.665. The highest BCUT2D eigenvalue weighted by atomic mass is 15.1. The van der Waals surface area contributed by atoms with Crippen LogP contribution in [-0.2, 0) is 0 Å². The van der Waals surface area contributed by atoms with E-state index in [1.807, 2.05) is 0 Å². The molecule has 2 unspecified atom stereocenters. The molecule has 15 heavy (non-hydrogen) atoms. The lowest BCUT2D eigenvalue weighted by Crippen LogP contribution is -2.35. The van der Waals surface area contributed by atoms with Crippen molar-refractivity contribution in [1.29, 1.82) is 0 Å². The van der Waals surface area contributed by atoms with E-state index >= 15 is 0 Å². The first-order valence-electron chi connectivity index (χ1n) is 6.59. The van der Waals surface area contributed by atoms with E-state index in [4.69, 9.17) is 5.73 Å². The molecule has 2 N–H and O–H groups in total. The molecular weight excluding hydrogens is 184 g/mol. The van der Waals surface area contributed by atoms with Gasteiger partial charge in [-0.25, -0.2) is 0 Å². The molecule has 92 valence electrons. The Hall–Kier alpha value is -0.0800. The number of nitrogens with zero attached hydrogens (tertiary/aromatic N) is 1. The number of unbranched alkanes of at least 4 members (excludes halogenated alkanes) is 1. The van der Waals surface area contributed by atoms with Crippen LogP contribution in [0.25, 0.3) is 0 Å². The van der Waals surface area contributed by atoms with E-state index in [9.17, 15) is 0 Å². The van der Waals surface area contributed by atoms with Gasteiger partial charge in [-0.2, -0.15) is 0 Å². The van der Waals surface area contributed by atoms with E-state index in [1.165, 1.54) is 38.8 Å². The summed E-state index contributed by atoms with van der Waals surface area (Å²) in [5.41, 5.74) is 5.65. The van der Waals surface area contributed by atoms with Gasteiger partial charge < -0.3 is 10.6 Å². The summed E-state index contributed by atoms with van der Waals surface area (Å²) < 4.78 is 0. The van der Waals surface area contributed by atoms with Gasteiger partial charge >= 0.3 is 0 Å². The van der Waals surface area contributed by atoms with E-state index in [0.717, 1.165) is 12.6 Å². The van der Waals surface area contributed by atoms with Crippen LogP contribution in [0.5, 0.6) is 0 Å². The van der Waals surface area contributed by atoms with Crippen LogP contribution in [0.4, 0.5) is 0 Å². The Morgan fingerprint density at radius 1 is 1.13 bits per heavy atom. The summed E-state index contributed by atoms with van der Waals surface area (Å²) in [4.78, 5) is 2.62. The third kappa shape index (κ3) is 6.91. The van der Waals surface area contributed by atoms with Crippen LogP contribution >= 0.6 is 0 Å². The molecule has 0 fully saturated rings. The van der Waals surface area contributed by atoms with Crippen LogP contribution in [-0.4, -0.2) is 30.6 Å². The number of nitrogens with two attached hydrogens (primary N) is 1. The second-order valence-electron chi connectivity index (χ2n) is 4.78. The van der Waals surface area contributed by atoms with E-state index in [-0.39, 0.29) is 0 Å². The van der Waals surface area contributed by atoms with Crippen molar-refractivity contribution in [3.05, 3.63) is 0 Å². The summed E-state index contributed by atoms with van der Waals surface area (Å²) in [6.45, 7) is 12.4. The van der Waals surface area contributed by atoms with Crippen LogP contribution < -0.4 is 5.73 Å². The van der Waals surface area contributed by atoms with Gasteiger partial charge in [0.2, 0.25) is 0 Å². The van der Waals surface area contributed by atoms with Crippen molar-refractivity contribution in [2.45, 2.75) is 59.4 Å². The Bertz CT molecular complexity index is 136. The molecular formula is C13H30N2. The molecule has 0 aromatic carbocycles. The van der Waals surface area contributed by atoms with Crippen molar-refractivity contribution in [1.82, 2.24) is 4.90 Å². The Kier molecular flexibility index (Phi) is 9.12. The fourth-order valence-corrected chi connectivity index (χ4v) is 1.68. The molecule has 0 aliphatic carbocycles. The molecule has 0 saturated carbocycles. The van der Waals surface area contributed by atoms with Crippen molar-refractivity contribution in [2.75, 3.05) is 19.6 Å². The molecule has 0 aliphatic rings. The average Bonchev–Trinajstić information content (AvgIpc) is 2.27. The van der Waals surface area contributed by atoms with Crippen LogP contribution in [0.1, 0.15) is 53.4 Å². The summed E-state index contributed by atoms with van der Waals surface area (Å²) in [6.07, 6.45) is 5.10. The first-order valence-corrected chi connectivity index (χ1v) is 6.59. The summed E-state index contributed by atoms with van der Waals surface area (Å²) in [6, 6.07) is 0.724. The molecule has 0 aliphatic heterocycles. The Morgan fingerprint density at radius 2 is 1.80 bits per heavy atom. The number of rotatable bonds is 9. The predicted molar refractivity (Wildman–Crippen MR) is 69.1 cm³/mol. The Labute approximate surface area is 96.2 Å². The van der Waals surface area contributed by atoms with Crippen molar-refractivity contribution in [3.63, 3.8) is 0 Å². The summed E-state index contributed by atoms with van der Waals surface area (Å²) >= 11 is 0. The minimum atomic E-state index is 0.665. The van der Waals surface area contributed by atoms with E-state index in [2.05, 4.69) is 32.6 Å².